The maximum atomic E-state index is 13.5. The van der Waals surface area contributed by atoms with Crippen molar-refractivity contribution in [1.29, 1.82) is 0 Å². The fourth-order valence-corrected chi connectivity index (χ4v) is 6.56. The van der Waals surface area contributed by atoms with E-state index in [0.29, 0.717) is 24.0 Å². The molecule has 0 radical (unpaired) electrons. The number of Topliss-reactive ketones (excluding diaryl/α,β-unsaturated/α-hetero) is 2. The molecule has 2 aliphatic heterocycles. The molecule has 0 aromatic heterocycles. The summed E-state index contributed by atoms with van der Waals surface area (Å²) in [7, 11) is 0. The lowest BCUT2D eigenvalue weighted by Crippen LogP contribution is -2.62. The fourth-order valence-electron chi connectivity index (χ4n) is 6.56. The largest absolute Gasteiger partial charge is 0.483 e. The van der Waals surface area contributed by atoms with Gasteiger partial charge in [0.05, 0.1) is 17.8 Å². The van der Waals surface area contributed by atoms with Gasteiger partial charge in [-0.1, -0.05) is 19.9 Å². The molecular weight excluding hydrogens is 432 g/mol. The Morgan fingerprint density at radius 3 is 2.53 bits per heavy atom. The Hall–Kier alpha value is -2.05. The van der Waals surface area contributed by atoms with E-state index in [-0.39, 0.29) is 52.2 Å². The number of carbonyl (C=O) groups excluding carboxylic acids is 3. The molecule has 0 aromatic carbocycles. The lowest BCUT2D eigenvalue weighted by Gasteiger charge is -2.60. The zero-order valence-electron chi connectivity index (χ0n) is 21.5. The third kappa shape index (κ3) is 3.83. The molecule has 0 spiro atoms. The first-order chi connectivity index (χ1) is 15.7. The highest BCUT2D eigenvalue weighted by Gasteiger charge is 2.61. The number of hydrogen-bond acceptors (Lipinski definition) is 6. The molecule has 6 heteroatoms. The van der Waals surface area contributed by atoms with E-state index in [4.69, 9.17) is 9.47 Å². The van der Waals surface area contributed by atoms with Crippen molar-refractivity contribution >= 4 is 17.3 Å². The Bertz CT molecular complexity index is 1020. The smallest absolute Gasteiger partial charge is 0.224 e. The minimum atomic E-state index is -0.909. The standard InChI is InChI=1S/C28H38O6/c1-8-15(2)23(30)16(3)17-13-19(29)18-14-20-27(6)11-9-21(26(4,5)32)33-22(27)10-12-28(20,7)34-25(18)24(17)31/h8,13,16,20-22,32H,9-12,14H2,1-7H3/t16-,20+,21+,22+,27+,28-/m0/s1. The molecule has 6 nitrogen and oxygen atoms in total. The molecular formula is C28H38O6. The SMILES string of the molecule is CC=C(C)C(=O)[C@@H](C)C1=CC(=O)C2=C(O[C@@]3(C)CC[C@H]4O[C@@H](C(C)(C)O)CC[C@]4(C)[C@H]3C2)C1=O. The molecule has 34 heavy (non-hydrogen) atoms. The van der Waals surface area contributed by atoms with Gasteiger partial charge < -0.3 is 14.6 Å². The molecule has 1 N–H and O–H groups in total. The van der Waals surface area contributed by atoms with Crippen LogP contribution in [0.1, 0.15) is 80.6 Å². The second kappa shape index (κ2) is 8.27. The van der Waals surface area contributed by atoms with Gasteiger partial charge in [-0.25, -0.2) is 0 Å². The van der Waals surface area contributed by atoms with Crippen LogP contribution < -0.4 is 0 Å². The number of rotatable bonds is 4. The van der Waals surface area contributed by atoms with Crippen LogP contribution in [0.2, 0.25) is 0 Å². The average Bonchev–Trinajstić information content (AvgIpc) is 2.77. The first-order valence-electron chi connectivity index (χ1n) is 12.5. The van der Waals surface area contributed by atoms with Gasteiger partial charge in [0.15, 0.2) is 17.3 Å². The summed E-state index contributed by atoms with van der Waals surface area (Å²) in [4.78, 5) is 39.4. The highest BCUT2D eigenvalue weighted by molar-refractivity contribution is 6.24. The fraction of sp³-hybridized carbons (Fsp3) is 0.679. The highest BCUT2D eigenvalue weighted by Crippen LogP contribution is 2.59. The minimum absolute atomic E-state index is 0.0104. The summed E-state index contributed by atoms with van der Waals surface area (Å²) in [5.41, 5.74) is -0.533. The topological polar surface area (TPSA) is 89.9 Å². The normalized spacial score (nSPS) is 37.2. The molecule has 4 rings (SSSR count). The molecule has 2 aliphatic carbocycles. The number of hydrogen-bond donors (Lipinski definition) is 1. The Kier molecular flexibility index (Phi) is 6.09. The Balaban J connectivity index is 1.64. The average molecular weight is 471 g/mol. The van der Waals surface area contributed by atoms with Crippen molar-refractivity contribution in [3.05, 3.63) is 34.6 Å². The second-order valence-electron chi connectivity index (χ2n) is 11.7. The van der Waals surface area contributed by atoms with Gasteiger partial charge in [-0.15, -0.1) is 0 Å². The maximum Gasteiger partial charge on any atom is 0.224 e. The van der Waals surface area contributed by atoms with Crippen molar-refractivity contribution in [2.24, 2.45) is 17.3 Å². The van der Waals surface area contributed by atoms with E-state index in [2.05, 4.69) is 6.92 Å². The van der Waals surface area contributed by atoms with Gasteiger partial charge >= 0.3 is 0 Å². The molecule has 2 fully saturated rings. The molecule has 0 aromatic rings. The summed E-state index contributed by atoms with van der Waals surface area (Å²) in [6.07, 6.45) is 6.31. The van der Waals surface area contributed by atoms with Crippen LogP contribution >= 0.6 is 0 Å². The molecule has 0 unspecified atom stereocenters. The van der Waals surface area contributed by atoms with Gasteiger partial charge in [0.2, 0.25) is 5.78 Å². The van der Waals surface area contributed by atoms with Crippen molar-refractivity contribution in [2.75, 3.05) is 0 Å². The van der Waals surface area contributed by atoms with Gasteiger partial charge in [0.1, 0.15) is 5.60 Å². The van der Waals surface area contributed by atoms with Gasteiger partial charge in [-0.3, -0.25) is 14.4 Å². The molecule has 0 amide bonds. The predicted octanol–water partition coefficient (Wildman–Crippen LogP) is 4.40. The zero-order chi connectivity index (χ0) is 25.2. The summed E-state index contributed by atoms with van der Waals surface area (Å²) in [6.45, 7) is 13.0. The number of fused-ring (bicyclic) bond motifs is 3. The van der Waals surface area contributed by atoms with Crippen LogP contribution in [-0.4, -0.2) is 45.9 Å². The van der Waals surface area contributed by atoms with E-state index in [1.165, 1.54) is 6.08 Å². The number of allylic oxidation sites excluding steroid dienone is 5. The summed E-state index contributed by atoms with van der Waals surface area (Å²) in [6, 6.07) is 0. The van der Waals surface area contributed by atoms with Crippen molar-refractivity contribution in [3.8, 4) is 0 Å². The molecule has 2 heterocycles. The van der Waals surface area contributed by atoms with Crippen LogP contribution in [0, 0.1) is 17.3 Å². The van der Waals surface area contributed by atoms with Crippen LogP contribution in [-0.2, 0) is 23.9 Å². The van der Waals surface area contributed by atoms with E-state index in [0.717, 1.165) is 19.3 Å². The quantitative estimate of drug-likeness (QED) is 0.484. The van der Waals surface area contributed by atoms with E-state index >= 15 is 0 Å². The summed E-state index contributed by atoms with van der Waals surface area (Å²) < 4.78 is 12.9. The molecule has 0 bridgehead atoms. The van der Waals surface area contributed by atoms with Gasteiger partial charge in [0.25, 0.3) is 0 Å². The number of aliphatic hydroxyl groups is 1. The molecule has 186 valence electrons. The van der Waals surface area contributed by atoms with Crippen LogP contribution in [0.3, 0.4) is 0 Å². The molecule has 4 aliphatic rings. The summed E-state index contributed by atoms with van der Waals surface area (Å²) in [5, 5.41) is 10.5. The van der Waals surface area contributed by atoms with Crippen molar-refractivity contribution < 1.29 is 29.0 Å². The van der Waals surface area contributed by atoms with Crippen LogP contribution in [0.4, 0.5) is 0 Å². The molecule has 6 atom stereocenters. The first kappa shape index (κ1) is 25.1. The second-order valence-corrected chi connectivity index (χ2v) is 11.7. The van der Waals surface area contributed by atoms with Gasteiger partial charge in [0, 0.05) is 28.4 Å². The lowest BCUT2D eigenvalue weighted by atomic mass is 9.53. The molecule has 1 saturated carbocycles. The Labute approximate surface area is 202 Å². The van der Waals surface area contributed by atoms with Crippen molar-refractivity contribution in [1.82, 2.24) is 0 Å². The minimum Gasteiger partial charge on any atom is -0.483 e. The predicted molar refractivity (Wildman–Crippen MR) is 128 cm³/mol. The maximum absolute atomic E-state index is 13.5. The van der Waals surface area contributed by atoms with Gasteiger partial charge in [-0.2, -0.15) is 0 Å². The summed E-state index contributed by atoms with van der Waals surface area (Å²) >= 11 is 0. The number of carbonyl (C=O) groups is 3. The molecule has 1 saturated heterocycles. The zero-order valence-corrected chi connectivity index (χ0v) is 21.5. The summed E-state index contributed by atoms with van der Waals surface area (Å²) in [5.74, 6) is -1.29. The third-order valence-electron chi connectivity index (χ3n) is 8.98. The van der Waals surface area contributed by atoms with Crippen molar-refractivity contribution in [3.63, 3.8) is 0 Å². The Morgan fingerprint density at radius 2 is 1.91 bits per heavy atom. The highest BCUT2D eigenvalue weighted by atomic mass is 16.5. The third-order valence-corrected chi connectivity index (χ3v) is 8.98. The first-order valence-corrected chi connectivity index (χ1v) is 12.5. The van der Waals surface area contributed by atoms with Crippen LogP contribution in [0.5, 0.6) is 0 Å². The van der Waals surface area contributed by atoms with E-state index < -0.39 is 17.1 Å². The van der Waals surface area contributed by atoms with E-state index in [9.17, 15) is 19.5 Å². The number of ether oxygens (including phenoxy) is 2. The van der Waals surface area contributed by atoms with E-state index in [1.54, 1.807) is 40.7 Å². The lowest BCUT2D eigenvalue weighted by molar-refractivity contribution is -0.245. The van der Waals surface area contributed by atoms with Crippen LogP contribution in [0.15, 0.2) is 34.6 Å². The number of ketones is 3. The monoisotopic (exact) mass is 470 g/mol. The van der Waals surface area contributed by atoms with Gasteiger partial charge in [-0.05, 0) is 78.4 Å². The van der Waals surface area contributed by atoms with Crippen LogP contribution in [0.25, 0.3) is 0 Å². The van der Waals surface area contributed by atoms with E-state index in [1.807, 2.05) is 6.92 Å². The Morgan fingerprint density at radius 1 is 1.24 bits per heavy atom. The van der Waals surface area contributed by atoms with Crippen molar-refractivity contribution in [2.45, 2.75) is 104 Å².